The summed E-state index contributed by atoms with van der Waals surface area (Å²) in [6, 6.07) is 53.6. The number of halogens is 12. The molecule has 0 bridgehead atoms. The van der Waals surface area contributed by atoms with E-state index in [1.54, 1.807) is 0 Å². The van der Waals surface area contributed by atoms with Gasteiger partial charge in [0.1, 0.15) is 29.6 Å². The zero-order valence-corrected chi connectivity index (χ0v) is 104. The number of rotatable bonds is 8. The maximum atomic E-state index is 9.89. The van der Waals surface area contributed by atoms with Crippen LogP contribution in [0, 0.1) is 55.4 Å². The van der Waals surface area contributed by atoms with Gasteiger partial charge >= 0.3 is 840 Å². The van der Waals surface area contributed by atoms with Gasteiger partial charge in [-0.2, -0.15) is 0 Å². The van der Waals surface area contributed by atoms with E-state index in [-0.39, 0.29) is 163 Å². The van der Waals surface area contributed by atoms with Crippen LogP contribution in [0.5, 0.6) is 0 Å². The quantitative estimate of drug-likeness (QED) is 0.0808. The van der Waals surface area contributed by atoms with Crippen molar-refractivity contribution in [3.8, 4) is 0 Å². The van der Waals surface area contributed by atoms with E-state index in [4.69, 9.17) is 133 Å². The number of allylic oxidation sites excluding steroid dienone is 8. The molecule has 16 aromatic rings. The van der Waals surface area contributed by atoms with Crippen molar-refractivity contribution < 1.29 is 94.0 Å². The van der Waals surface area contributed by atoms with Crippen molar-refractivity contribution in [1.29, 1.82) is 0 Å². The Hall–Kier alpha value is -2.66. The Morgan fingerprint density at radius 2 is 0.287 bits per heavy atom. The first-order valence-corrected chi connectivity index (χ1v) is 62.9. The maximum Gasteiger partial charge on any atom is 0.121 e. The van der Waals surface area contributed by atoms with Gasteiger partial charge in [-0.3, -0.25) is 0 Å². The number of benzene rings is 8. The van der Waals surface area contributed by atoms with Gasteiger partial charge in [-0.05, 0) is 0 Å². The molecule has 0 radical (unpaired) electrons. The molecule has 0 saturated heterocycles. The smallest absolute Gasteiger partial charge is 0.121 e. The van der Waals surface area contributed by atoms with Gasteiger partial charge in [-0.25, -0.2) is 0 Å². The third kappa shape index (κ3) is 42.4. The molecule has 0 atom stereocenters. The van der Waals surface area contributed by atoms with Crippen LogP contribution in [0.3, 0.4) is 0 Å². The Balaban J connectivity index is 0.000000268. The second kappa shape index (κ2) is 61.1. The van der Waals surface area contributed by atoms with Gasteiger partial charge in [0.05, 0.1) is 0 Å². The molecular weight excluding hydrogens is 2820 g/mol. The van der Waals surface area contributed by atoms with Gasteiger partial charge in [0.15, 0.2) is 0 Å². The summed E-state index contributed by atoms with van der Waals surface area (Å²) in [6.07, 6.45) is 16.8. The van der Waals surface area contributed by atoms with E-state index in [9.17, 15) is 17.3 Å². The second-order valence-corrected chi connectivity index (χ2v) is 59.7. The molecule has 8 aromatic heterocycles. The fourth-order valence-electron chi connectivity index (χ4n) is 12.6. The van der Waals surface area contributed by atoms with Gasteiger partial charge in [-0.15, -0.1) is 0 Å². The van der Waals surface area contributed by atoms with Crippen LogP contribution in [0.25, 0.3) is 120 Å². The molecule has 0 aliphatic rings. The Morgan fingerprint density at radius 1 is 0.206 bits per heavy atom. The predicted octanol–water partition coefficient (Wildman–Crippen LogP) is 11.7. The van der Waals surface area contributed by atoms with Crippen LogP contribution in [-0.4, -0.2) is 193 Å². The van der Waals surface area contributed by atoms with Gasteiger partial charge in [0.25, 0.3) is 0 Å². The van der Waals surface area contributed by atoms with Crippen molar-refractivity contribution in [2.75, 3.05) is 0 Å². The first kappa shape index (κ1) is 124. The van der Waals surface area contributed by atoms with Crippen molar-refractivity contribution in [1.82, 2.24) is 0 Å². The SMILES string of the molecule is C/C(Cl)=C\c1[te]c2ccc(C)cc2[n+]1C.C/C(Cl)=C\c1[te]c2ccc(C)cc2[n+]1C.C/C(Cl)=C\c1[te]c2ccc(C)cc2[n+]1C.C/C(Cl)=C\c1[te]c2ccc(C)cc2[n+]1C.C/C(Cl)=C\c1[te]c2ccc(C)cc2[n+]1C.C/C(Cl)=C\c1[te]c2ccc(C)cc2[n+]1C.C/C(Cl)=C\c1[te]c2ccc(C)cc2[n+]1C.C/C(Cl)=C\c1[te]c2ccc(C)cc2[n+]1C.[O-]B([O-])F.[O-]B([O-])F.[O-]B([O-])F.[O-]B([O-])F. The minimum absolute atomic E-state index is 0.236. The van der Waals surface area contributed by atoms with E-state index in [1.165, 1.54) is 146 Å². The van der Waals surface area contributed by atoms with E-state index in [0.29, 0.717) is 0 Å². The molecule has 720 valence electrons. The van der Waals surface area contributed by atoms with Gasteiger partial charge in [0, 0.05) is 0 Å². The molecule has 0 fully saturated rings. The van der Waals surface area contributed by atoms with Crippen LogP contribution in [-0.2, 0) is 56.4 Å². The summed E-state index contributed by atoms with van der Waals surface area (Å²) >= 11 is 45.6. The minimum Gasteiger partial charge on any atom is -0.867 e. The van der Waals surface area contributed by atoms with Gasteiger partial charge in [-0.1, -0.05) is 0 Å². The minimum atomic E-state index is -3.17. The third-order valence-corrected chi connectivity index (χ3v) is 46.2. The number of hydrogen-bond donors (Lipinski definition) is 0. The van der Waals surface area contributed by atoms with E-state index < -0.39 is 29.6 Å². The van der Waals surface area contributed by atoms with Gasteiger partial charge in [0.2, 0.25) is 0 Å². The summed E-state index contributed by atoms with van der Waals surface area (Å²) in [5.41, 5.74) is 21.5. The molecule has 0 aliphatic carbocycles. The molecule has 8 heterocycles. The fourth-order valence-corrected chi connectivity index (χ4v) is 40.9. The van der Waals surface area contributed by atoms with E-state index >= 15 is 0 Å². The second-order valence-electron chi connectivity index (χ2n) is 30.7. The summed E-state index contributed by atoms with van der Waals surface area (Å²) < 4.78 is 81.0. The van der Waals surface area contributed by atoms with Gasteiger partial charge < -0.3 is 57.5 Å². The first-order valence-electron chi connectivity index (χ1n) is 41.2. The van der Waals surface area contributed by atoms with Crippen molar-refractivity contribution in [3.63, 3.8) is 0 Å². The summed E-state index contributed by atoms with van der Waals surface area (Å²) in [7, 11) is 4.35. The number of nitrogens with zero attached hydrogens (tertiary/aromatic N) is 8. The molecule has 0 saturated carbocycles. The number of hydrogen-bond acceptors (Lipinski definition) is 8. The fraction of sp³-hybridized carbons (Fsp3) is 0.250. The number of aryl methyl sites for hydroxylation is 16. The predicted molar refractivity (Wildman–Crippen MR) is 558 cm³/mol. The molecule has 16 rings (SSSR count). The standard InChI is InChI=1S/8C12H13ClNTe.4BFO2/c8*1-8-4-5-11-10(6-8)14(3)12(15-11)7-9(2)13;4*2-1(3)4/h8*4-7H,1-3H3;;;;/q8*+1;4*-2/b8*9-7+;;;;. The molecule has 0 amide bonds. The number of fused-ring (bicyclic) bond motifs is 8. The molecule has 0 spiro atoms. The van der Waals surface area contributed by atoms with Crippen molar-refractivity contribution >= 4 is 406 Å². The molecule has 0 unspecified atom stereocenters. The topological polar surface area (TPSA) is 216 Å². The Kier molecular flexibility index (Phi) is 55.6. The average Bonchev–Trinajstić information content (AvgIpc) is 1.71. The Labute approximate surface area is 914 Å². The zero-order chi connectivity index (χ0) is 102. The summed E-state index contributed by atoms with van der Waals surface area (Å²) in [6.45, 7) is 32.5. The van der Waals surface area contributed by atoms with Crippen LogP contribution < -0.4 is 76.7 Å². The van der Waals surface area contributed by atoms with E-state index in [0.717, 1.165) is 40.3 Å². The largest absolute Gasteiger partial charge is 0.867 e. The van der Waals surface area contributed by atoms with Crippen LogP contribution in [0.15, 0.2) is 186 Å². The monoisotopic (exact) mass is 2940 g/mol. The van der Waals surface area contributed by atoms with Crippen LogP contribution in [0.4, 0.5) is 17.3 Å². The van der Waals surface area contributed by atoms with E-state index in [1.807, 2.05) is 55.4 Å². The molecular formula is C96H104B4Cl8F4N8O8Te8. The van der Waals surface area contributed by atoms with E-state index in [2.05, 4.69) is 343 Å². The Morgan fingerprint density at radius 3 is 0.360 bits per heavy atom. The maximum absolute atomic E-state index is 9.89. The van der Waals surface area contributed by atoms with Crippen molar-refractivity contribution in [2.24, 2.45) is 56.4 Å². The molecule has 40 heteroatoms. The summed E-state index contributed by atoms with van der Waals surface area (Å²) in [5.74, 6) is 0. The molecule has 0 aliphatic heterocycles. The molecule has 0 N–H and O–H groups in total. The molecule has 136 heavy (non-hydrogen) atoms. The molecule has 16 nitrogen and oxygen atoms in total. The first-order chi connectivity index (χ1) is 63.5. The number of aromatic nitrogens is 8. The van der Waals surface area contributed by atoms with Crippen molar-refractivity contribution in [2.45, 2.75) is 111 Å². The molecule has 8 aromatic carbocycles. The van der Waals surface area contributed by atoms with Crippen LogP contribution >= 0.6 is 92.8 Å². The Bertz CT molecular complexity index is 5780. The third-order valence-electron chi connectivity index (χ3n) is 18.7. The summed E-state index contributed by atoms with van der Waals surface area (Å²) in [5, 5.41) is 73.4. The van der Waals surface area contributed by atoms with Crippen LogP contribution in [0.2, 0.25) is 0 Å². The average molecular weight is 2920 g/mol. The van der Waals surface area contributed by atoms with Crippen molar-refractivity contribution in [3.05, 3.63) is 260 Å². The zero-order valence-electron chi connectivity index (χ0n) is 79.4. The van der Waals surface area contributed by atoms with Crippen LogP contribution in [0.1, 0.15) is 130 Å². The summed E-state index contributed by atoms with van der Waals surface area (Å²) in [4.78, 5) is 0. The normalized spacial score (nSPS) is 11.7.